The van der Waals surface area contributed by atoms with Crippen molar-refractivity contribution in [3.8, 4) is 0 Å². The molecule has 1 N–H and O–H groups in total. The Morgan fingerprint density at radius 2 is 2.33 bits per heavy atom. The quantitative estimate of drug-likeness (QED) is 0.552. The molecular formula is C6H11O3. The molecule has 3 nitrogen and oxygen atoms in total. The van der Waals surface area contributed by atoms with E-state index < -0.39 is 0 Å². The molecule has 0 fully saturated rings. The van der Waals surface area contributed by atoms with Crippen LogP contribution < -0.4 is 0 Å². The van der Waals surface area contributed by atoms with Gasteiger partial charge in [0.15, 0.2) is 0 Å². The number of esters is 1. The largest absolute Gasteiger partial charge is 0.466 e. The summed E-state index contributed by atoms with van der Waals surface area (Å²) in [6.07, 6.45) is 0.755. The topological polar surface area (TPSA) is 46.5 Å². The van der Waals surface area contributed by atoms with E-state index in [0.717, 1.165) is 0 Å². The minimum atomic E-state index is -0.293. The van der Waals surface area contributed by atoms with Crippen LogP contribution in [0.3, 0.4) is 0 Å². The summed E-state index contributed by atoms with van der Waals surface area (Å²) in [5.41, 5.74) is 0. The molecule has 0 rings (SSSR count). The van der Waals surface area contributed by atoms with Gasteiger partial charge in [-0.2, -0.15) is 0 Å². The summed E-state index contributed by atoms with van der Waals surface area (Å²) in [6, 6.07) is 0. The fourth-order valence-corrected chi connectivity index (χ4v) is 0.409. The van der Waals surface area contributed by atoms with Crippen LogP contribution in [0.25, 0.3) is 0 Å². The van der Waals surface area contributed by atoms with E-state index in [-0.39, 0.29) is 25.6 Å². The Labute approximate surface area is 54.6 Å². The van der Waals surface area contributed by atoms with Crippen LogP contribution in [0.1, 0.15) is 12.8 Å². The van der Waals surface area contributed by atoms with Gasteiger partial charge in [0.05, 0.1) is 6.61 Å². The van der Waals surface area contributed by atoms with E-state index in [4.69, 9.17) is 5.11 Å². The average Bonchev–Trinajstić information content (AvgIpc) is 1.85. The zero-order valence-corrected chi connectivity index (χ0v) is 5.30. The molecule has 53 valence electrons. The van der Waals surface area contributed by atoms with E-state index in [0.29, 0.717) is 6.42 Å². The summed E-state index contributed by atoms with van der Waals surface area (Å²) >= 11 is 0. The highest BCUT2D eigenvalue weighted by Crippen LogP contribution is 1.89. The maximum atomic E-state index is 10.4. The molecule has 0 aliphatic rings. The van der Waals surface area contributed by atoms with Crippen LogP contribution in [0.4, 0.5) is 0 Å². The second kappa shape index (κ2) is 5.56. The fraction of sp³-hybridized carbons (Fsp3) is 0.667. The van der Waals surface area contributed by atoms with Crippen molar-refractivity contribution >= 4 is 5.97 Å². The smallest absolute Gasteiger partial charge is 0.305 e. The Bertz CT molecular complexity index is 80.4. The molecule has 0 amide bonds. The van der Waals surface area contributed by atoms with E-state index in [9.17, 15) is 4.79 Å². The summed E-state index contributed by atoms with van der Waals surface area (Å²) < 4.78 is 4.48. The number of ether oxygens (including phenoxy) is 1. The molecule has 0 aromatic heterocycles. The molecule has 3 heteroatoms. The zero-order chi connectivity index (χ0) is 7.11. The number of carbonyl (C=O) groups is 1. The molecule has 0 unspecified atom stereocenters. The van der Waals surface area contributed by atoms with Gasteiger partial charge in [0.1, 0.15) is 0 Å². The van der Waals surface area contributed by atoms with E-state index in [1.54, 1.807) is 0 Å². The van der Waals surface area contributed by atoms with Crippen molar-refractivity contribution in [1.29, 1.82) is 0 Å². The molecule has 0 heterocycles. The Morgan fingerprint density at radius 3 is 2.78 bits per heavy atom. The Hall–Kier alpha value is -0.570. The van der Waals surface area contributed by atoms with Crippen molar-refractivity contribution in [2.45, 2.75) is 12.8 Å². The van der Waals surface area contributed by atoms with Crippen LogP contribution in [-0.4, -0.2) is 24.3 Å². The summed E-state index contributed by atoms with van der Waals surface area (Å²) in [6.45, 7) is 3.53. The van der Waals surface area contributed by atoms with Gasteiger partial charge in [-0.1, -0.05) is 0 Å². The summed E-state index contributed by atoms with van der Waals surface area (Å²) in [5.74, 6) is -0.293. The first kappa shape index (κ1) is 8.43. The van der Waals surface area contributed by atoms with Crippen LogP contribution in [0.15, 0.2) is 0 Å². The first-order valence-electron chi connectivity index (χ1n) is 2.87. The van der Waals surface area contributed by atoms with Gasteiger partial charge in [0.2, 0.25) is 0 Å². The molecule has 0 aliphatic carbocycles. The molecule has 0 saturated heterocycles. The second-order valence-electron chi connectivity index (χ2n) is 1.55. The van der Waals surface area contributed by atoms with Gasteiger partial charge in [-0.25, -0.2) is 0 Å². The number of hydrogen-bond acceptors (Lipinski definition) is 3. The van der Waals surface area contributed by atoms with Crippen LogP contribution in [0.5, 0.6) is 0 Å². The lowest BCUT2D eigenvalue weighted by atomic mass is 10.3. The van der Waals surface area contributed by atoms with Gasteiger partial charge in [-0.3, -0.25) is 4.79 Å². The molecule has 9 heavy (non-hydrogen) atoms. The first-order valence-corrected chi connectivity index (χ1v) is 2.87. The maximum Gasteiger partial charge on any atom is 0.305 e. The summed E-state index contributed by atoms with van der Waals surface area (Å²) in [7, 11) is 0. The van der Waals surface area contributed by atoms with Crippen LogP contribution in [-0.2, 0) is 9.53 Å². The third-order valence-corrected chi connectivity index (χ3v) is 0.802. The molecule has 0 atom stereocenters. The Morgan fingerprint density at radius 1 is 1.67 bits per heavy atom. The Balaban J connectivity index is 3.06. The zero-order valence-electron chi connectivity index (χ0n) is 5.30. The van der Waals surface area contributed by atoms with Gasteiger partial charge in [-0.15, -0.1) is 0 Å². The predicted octanol–water partition coefficient (Wildman–Crippen LogP) is 0.136. The van der Waals surface area contributed by atoms with E-state index >= 15 is 0 Å². The van der Waals surface area contributed by atoms with Crippen molar-refractivity contribution in [1.82, 2.24) is 0 Å². The molecule has 0 aromatic rings. The summed E-state index contributed by atoms with van der Waals surface area (Å²) in [4.78, 5) is 10.4. The third kappa shape index (κ3) is 5.30. The molecule has 1 radical (unpaired) electrons. The molecule has 0 saturated carbocycles. The predicted molar refractivity (Wildman–Crippen MR) is 32.6 cm³/mol. The fourth-order valence-electron chi connectivity index (χ4n) is 0.409. The standard InChI is InChI=1S/C6H11O3/c1-2-9-6(8)4-3-5-7/h7H,1-5H2. The normalized spacial score (nSPS) is 9.11. The van der Waals surface area contributed by atoms with Crippen molar-refractivity contribution in [3.63, 3.8) is 0 Å². The minimum absolute atomic E-state index is 0.0340. The molecule has 0 aromatic carbocycles. The van der Waals surface area contributed by atoms with E-state index in [1.807, 2.05) is 0 Å². The van der Waals surface area contributed by atoms with E-state index in [1.165, 1.54) is 0 Å². The Kier molecular flexibility index (Phi) is 5.21. The van der Waals surface area contributed by atoms with Crippen molar-refractivity contribution in [2.75, 3.05) is 13.2 Å². The number of hydrogen-bond donors (Lipinski definition) is 1. The lowest BCUT2D eigenvalue weighted by Gasteiger charge is -1.97. The maximum absolute atomic E-state index is 10.4. The van der Waals surface area contributed by atoms with E-state index in [2.05, 4.69) is 11.7 Å². The highest BCUT2D eigenvalue weighted by molar-refractivity contribution is 5.69. The highest BCUT2D eigenvalue weighted by atomic mass is 16.5. The molecule has 0 aliphatic heterocycles. The number of carbonyl (C=O) groups excluding carboxylic acids is 1. The van der Waals surface area contributed by atoms with Gasteiger partial charge in [0.25, 0.3) is 0 Å². The number of aliphatic hydroxyl groups excluding tert-OH is 1. The van der Waals surface area contributed by atoms with Crippen LogP contribution >= 0.6 is 0 Å². The van der Waals surface area contributed by atoms with Crippen molar-refractivity contribution < 1.29 is 14.6 Å². The van der Waals surface area contributed by atoms with Gasteiger partial charge >= 0.3 is 5.97 Å². The number of rotatable bonds is 4. The molecular weight excluding hydrogens is 120 g/mol. The lowest BCUT2D eigenvalue weighted by Crippen LogP contribution is -2.04. The molecule has 0 bridgehead atoms. The SMILES string of the molecule is [CH2]COC(=O)CCCO. The van der Waals surface area contributed by atoms with Gasteiger partial charge < -0.3 is 9.84 Å². The van der Waals surface area contributed by atoms with Gasteiger partial charge in [-0.05, 0) is 13.3 Å². The highest BCUT2D eigenvalue weighted by Gasteiger charge is 1.97. The third-order valence-electron chi connectivity index (χ3n) is 0.802. The first-order chi connectivity index (χ1) is 4.31. The second-order valence-corrected chi connectivity index (χ2v) is 1.55. The lowest BCUT2D eigenvalue weighted by molar-refractivity contribution is -0.142. The van der Waals surface area contributed by atoms with Crippen molar-refractivity contribution in [2.24, 2.45) is 0 Å². The monoisotopic (exact) mass is 131 g/mol. The van der Waals surface area contributed by atoms with Crippen LogP contribution in [0.2, 0.25) is 0 Å². The van der Waals surface area contributed by atoms with Crippen molar-refractivity contribution in [3.05, 3.63) is 6.92 Å². The summed E-state index contributed by atoms with van der Waals surface area (Å²) in [5, 5.41) is 8.26. The van der Waals surface area contributed by atoms with Crippen LogP contribution in [0, 0.1) is 6.92 Å². The molecule has 0 spiro atoms. The minimum Gasteiger partial charge on any atom is -0.466 e. The van der Waals surface area contributed by atoms with Gasteiger partial charge in [0, 0.05) is 13.0 Å². The number of aliphatic hydroxyl groups is 1. The average molecular weight is 131 g/mol.